The molecule has 4 amide bonds. The fourth-order valence-electron chi connectivity index (χ4n) is 3.25. The highest BCUT2D eigenvalue weighted by Crippen LogP contribution is 2.33. The van der Waals surface area contributed by atoms with E-state index in [4.69, 9.17) is 11.6 Å². The molecule has 1 aliphatic rings. The summed E-state index contributed by atoms with van der Waals surface area (Å²) in [6.07, 6.45) is 1.61. The smallest absolute Gasteiger partial charge is 0.325 e. The molecule has 2 aromatic carbocycles. The third kappa shape index (κ3) is 4.17. The van der Waals surface area contributed by atoms with Crippen molar-refractivity contribution in [3.05, 3.63) is 70.7 Å². The van der Waals surface area contributed by atoms with Gasteiger partial charge in [-0.3, -0.25) is 14.5 Å². The van der Waals surface area contributed by atoms with Crippen LogP contribution in [-0.2, 0) is 21.5 Å². The summed E-state index contributed by atoms with van der Waals surface area (Å²) in [5.41, 5.74) is 0.408. The third-order valence-electron chi connectivity index (χ3n) is 4.80. The van der Waals surface area contributed by atoms with Crippen molar-refractivity contribution in [2.24, 2.45) is 0 Å². The average Bonchev–Trinajstić information content (AvgIpc) is 2.90. The summed E-state index contributed by atoms with van der Waals surface area (Å²) < 4.78 is 0. The Bertz CT molecular complexity index is 887. The molecule has 0 aliphatic carbocycles. The molecule has 6 nitrogen and oxygen atoms in total. The predicted octanol–water partition coefficient (Wildman–Crippen LogP) is 2.86. The molecule has 0 radical (unpaired) electrons. The van der Waals surface area contributed by atoms with Gasteiger partial charge in [-0.2, -0.15) is 0 Å². The first-order chi connectivity index (χ1) is 13.4. The number of hydrogen-bond donors (Lipinski definition) is 2. The number of nitrogens with zero attached hydrogens (tertiary/aromatic N) is 1. The van der Waals surface area contributed by atoms with Gasteiger partial charge in [0, 0.05) is 17.1 Å². The summed E-state index contributed by atoms with van der Waals surface area (Å²) in [5.74, 6) is -0.870. The molecule has 1 unspecified atom stereocenters. The van der Waals surface area contributed by atoms with Crippen molar-refractivity contribution in [2.75, 3.05) is 13.1 Å². The van der Waals surface area contributed by atoms with Crippen LogP contribution < -0.4 is 10.6 Å². The molecule has 0 spiro atoms. The number of urea groups is 1. The molecule has 7 heteroatoms. The van der Waals surface area contributed by atoms with Gasteiger partial charge in [-0.15, -0.1) is 0 Å². The topological polar surface area (TPSA) is 78.5 Å². The van der Waals surface area contributed by atoms with Gasteiger partial charge >= 0.3 is 6.03 Å². The number of hydrogen-bond acceptors (Lipinski definition) is 3. The SMILES string of the molecule is CC1(c2ccccc2Cl)NC(=O)N(CC(=O)NCCCc2ccccc2)C1=O. The average molecular weight is 400 g/mol. The Morgan fingerprint density at radius 3 is 2.50 bits per heavy atom. The first-order valence-electron chi connectivity index (χ1n) is 9.11. The Balaban J connectivity index is 1.55. The van der Waals surface area contributed by atoms with Crippen LogP contribution in [0, 0.1) is 0 Å². The fourth-order valence-corrected chi connectivity index (χ4v) is 3.58. The van der Waals surface area contributed by atoms with Gasteiger partial charge in [0.25, 0.3) is 5.91 Å². The van der Waals surface area contributed by atoms with Crippen molar-refractivity contribution in [3.8, 4) is 0 Å². The molecule has 0 bridgehead atoms. The van der Waals surface area contributed by atoms with Gasteiger partial charge in [-0.05, 0) is 31.4 Å². The first-order valence-corrected chi connectivity index (χ1v) is 9.49. The molecule has 3 rings (SSSR count). The number of aryl methyl sites for hydroxylation is 1. The molecule has 1 saturated heterocycles. The number of amides is 4. The van der Waals surface area contributed by atoms with E-state index < -0.39 is 17.5 Å². The van der Waals surface area contributed by atoms with E-state index in [1.807, 2.05) is 30.3 Å². The minimum absolute atomic E-state index is 0.323. The van der Waals surface area contributed by atoms with E-state index in [-0.39, 0.29) is 12.5 Å². The van der Waals surface area contributed by atoms with Gasteiger partial charge in [0.05, 0.1) is 0 Å². The summed E-state index contributed by atoms with van der Waals surface area (Å²) in [7, 11) is 0. The molecule has 1 heterocycles. The summed E-state index contributed by atoms with van der Waals surface area (Å²) >= 11 is 6.19. The second-order valence-corrected chi connectivity index (χ2v) is 7.27. The van der Waals surface area contributed by atoms with Crippen molar-refractivity contribution < 1.29 is 14.4 Å². The maximum absolute atomic E-state index is 12.8. The van der Waals surface area contributed by atoms with Crippen LogP contribution in [0.2, 0.25) is 5.02 Å². The Morgan fingerprint density at radius 1 is 1.11 bits per heavy atom. The van der Waals surface area contributed by atoms with Crippen LogP contribution in [-0.4, -0.2) is 35.8 Å². The van der Waals surface area contributed by atoms with Crippen LogP contribution in [0.4, 0.5) is 4.79 Å². The lowest BCUT2D eigenvalue weighted by Gasteiger charge is -2.23. The van der Waals surface area contributed by atoms with Gasteiger partial charge in [-0.25, -0.2) is 4.79 Å². The zero-order chi connectivity index (χ0) is 20.1. The van der Waals surface area contributed by atoms with E-state index in [1.54, 1.807) is 31.2 Å². The lowest BCUT2D eigenvalue weighted by molar-refractivity contribution is -0.134. The molecule has 2 N–H and O–H groups in total. The van der Waals surface area contributed by atoms with Crippen LogP contribution in [0.1, 0.15) is 24.5 Å². The summed E-state index contributed by atoms with van der Waals surface area (Å²) in [4.78, 5) is 38.3. The van der Waals surface area contributed by atoms with E-state index in [2.05, 4.69) is 10.6 Å². The standard InChI is InChI=1S/C21H22ClN3O3/c1-21(16-11-5-6-12-17(16)22)19(27)25(20(28)24-21)14-18(26)23-13-7-10-15-8-3-2-4-9-15/h2-6,8-9,11-12H,7,10,13-14H2,1H3,(H,23,26)(H,24,28). The number of carbonyl (C=O) groups is 3. The summed E-state index contributed by atoms with van der Waals surface area (Å²) in [5, 5.41) is 5.80. The number of halogens is 1. The molecule has 1 atom stereocenters. The highest BCUT2D eigenvalue weighted by Gasteiger charge is 2.50. The quantitative estimate of drug-likeness (QED) is 0.555. The van der Waals surface area contributed by atoms with Crippen LogP contribution in [0.25, 0.3) is 0 Å². The van der Waals surface area contributed by atoms with E-state index in [9.17, 15) is 14.4 Å². The Labute approximate surface area is 168 Å². The van der Waals surface area contributed by atoms with E-state index in [1.165, 1.54) is 5.56 Å². The Morgan fingerprint density at radius 2 is 1.79 bits per heavy atom. The molecule has 0 saturated carbocycles. The monoisotopic (exact) mass is 399 g/mol. The zero-order valence-corrected chi connectivity index (χ0v) is 16.3. The number of carbonyl (C=O) groups excluding carboxylic acids is 3. The first kappa shape index (κ1) is 19.9. The van der Waals surface area contributed by atoms with Crippen LogP contribution in [0.15, 0.2) is 54.6 Å². The van der Waals surface area contributed by atoms with Crippen LogP contribution in [0.3, 0.4) is 0 Å². The Kier molecular flexibility index (Phi) is 5.99. The molecular formula is C21H22ClN3O3. The van der Waals surface area contributed by atoms with Crippen molar-refractivity contribution in [1.29, 1.82) is 0 Å². The van der Waals surface area contributed by atoms with Crippen LogP contribution >= 0.6 is 11.6 Å². The number of benzene rings is 2. The largest absolute Gasteiger partial charge is 0.355 e. The predicted molar refractivity (Wildman–Crippen MR) is 107 cm³/mol. The third-order valence-corrected chi connectivity index (χ3v) is 5.13. The van der Waals surface area contributed by atoms with E-state index in [0.717, 1.165) is 17.7 Å². The minimum atomic E-state index is -1.29. The highest BCUT2D eigenvalue weighted by atomic mass is 35.5. The van der Waals surface area contributed by atoms with Crippen molar-refractivity contribution in [3.63, 3.8) is 0 Å². The second kappa shape index (κ2) is 8.44. The van der Waals surface area contributed by atoms with Gasteiger partial charge in [0.15, 0.2) is 0 Å². The number of rotatable bonds is 7. The molecule has 146 valence electrons. The van der Waals surface area contributed by atoms with E-state index in [0.29, 0.717) is 17.1 Å². The Hall–Kier alpha value is -2.86. The van der Waals surface area contributed by atoms with Gasteiger partial charge < -0.3 is 10.6 Å². The number of imide groups is 1. The van der Waals surface area contributed by atoms with Gasteiger partial charge in [-0.1, -0.05) is 60.1 Å². The highest BCUT2D eigenvalue weighted by molar-refractivity contribution is 6.32. The van der Waals surface area contributed by atoms with Crippen LogP contribution in [0.5, 0.6) is 0 Å². The molecular weight excluding hydrogens is 378 g/mol. The second-order valence-electron chi connectivity index (χ2n) is 6.87. The molecule has 28 heavy (non-hydrogen) atoms. The molecule has 1 aliphatic heterocycles. The van der Waals surface area contributed by atoms with Gasteiger partial charge in [0.1, 0.15) is 12.1 Å². The lowest BCUT2D eigenvalue weighted by atomic mass is 9.92. The lowest BCUT2D eigenvalue weighted by Crippen LogP contribution is -2.43. The summed E-state index contributed by atoms with van der Waals surface area (Å²) in [6, 6.07) is 16.2. The molecule has 2 aromatic rings. The molecule has 0 aromatic heterocycles. The van der Waals surface area contributed by atoms with Gasteiger partial charge in [0.2, 0.25) is 5.91 Å². The molecule has 1 fully saturated rings. The maximum Gasteiger partial charge on any atom is 0.325 e. The van der Waals surface area contributed by atoms with Crippen molar-refractivity contribution in [2.45, 2.75) is 25.3 Å². The normalized spacial score (nSPS) is 18.9. The van der Waals surface area contributed by atoms with Crippen molar-refractivity contribution in [1.82, 2.24) is 15.5 Å². The maximum atomic E-state index is 12.8. The zero-order valence-electron chi connectivity index (χ0n) is 15.6. The fraction of sp³-hybridized carbons (Fsp3) is 0.286. The summed E-state index contributed by atoms with van der Waals surface area (Å²) in [6.45, 7) is 1.74. The number of nitrogens with one attached hydrogen (secondary N) is 2. The van der Waals surface area contributed by atoms with E-state index >= 15 is 0 Å². The minimum Gasteiger partial charge on any atom is -0.355 e. The van der Waals surface area contributed by atoms with Crippen molar-refractivity contribution >= 4 is 29.4 Å².